The number of rotatable bonds is 1. The quantitative estimate of drug-likeness (QED) is 0.356. The Morgan fingerprint density at radius 1 is 0.963 bits per heavy atom. The molecule has 0 fully saturated rings. The Morgan fingerprint density at radius 3 is 2.56 bits per heavy atom. The van der Waals surface area contributed by atoms with Gasteiger partial charge >= 0.3 is 0 Å². The molecule has 1 aliphatic rings. The number of amides is 1. The van der Waals surface area contributed by atoms with Crippen LogP contribution in [-0.2, 0) is 11.8 Å². The summed E-state index contributed by atoms with van der Waals surface area (Å²) in [4.78, 5) is 11.4. The maximum absolute atomic E-state index is 11.4. The molecular formula is C22H17ClN2O2. The fraction of sp³-hybridized carbons (Fsp3) is 0.0909. The van der Waals surface area contributed by atoms with Gasteiger partial charge in [-0.1, -0.05) is 24.3 Å². The Bertz CT molecular complexity index is 1230. The fourth-order valence-corrected chi connectivity index (χ4v) is 3.83. The third kappa shape index (κ3) is 2.53. The number of hydrogen-bond acceptors (Lipinski definition) is 2. The van der Waals surface area contributed by atoms with Crippen LogP contribution in [0.15, 0.2) is 60.7 Å². The number of halogens is 1. The van der Waals surface area contributed by atoms with Gasteiger partial charge in [0.1, 0.15) is 12.8 Å². The molecule has 2 heterocycles. The summed E-state index contributed by atoms with van der Waals surface area (Å²) in [7, 11) is 2.08. The second kappa shape index (κ2) is 6.25. The van der Waals surface area contributed by atoms with Gasteiger partial charge < -0.3 is 22.5 Å². The number of nitrogens with one attached hydrogen (secondary N) is 1. The molecule has 1 N–H and O–H groups in total. The number of benzene rings is 3. The molecule has 0 saturated heterocycles. The van der Waals surface area contributed by atoms with Crippen LogP contribution in [-0.4, -0.2) is 5.91 Å². The molecule has 0 radical (unpaired) electrons. The highest BCUT2D eigenvalue weighted by atomic mass is 35.5. The van der Waals surface area contributed by atoms with Crippen molar-refractivity contribution < 1.29 is 26.5 Å². The van der Waals surface area contributed by atoms with E-state index in [1.54, 1.807) is 0 Å². The lowest BCUT2D eigenvalue weighted by Gasteiger charge is -2.22. The zero-order valence-corrected chi connectivity index (χ0v) is 15.7. The summed E-state index contributed by atoms with van der Waals surface area (Å²) in [5, 5.41) is 5.04. The summed E-state index contributed by atoms with van der Waals surface area (Å²) in [6, 6.07) is 20.3. The van der Waals surface area contributed by atoms with Gasteiger partial charge in [-0.15, -0.1) is 0 Å². The number of pyridine rings is 1. The number of ether oxygens (including phenoxy) is 1. The normalized spacial score (nSPS) is 11.5. The minimum Gasteiger partial charge on any atom is -1.00 e. The van der Waals surface area contributed by atoms with Crippen LogP contribution >= 0.6 is 0 Å². The van der Waals surface area contributed by atoms with E-state index in [-0.39, 0.29) is 18.3 Å². The second-order valence-electron chi connectivity index (χ2n) is 6.60. The van der Waals surface area contributed by atoms with Crippen molar-refractivity contribution in [3.05, 3.63) is 60.7 Å². The van der Waals surface area contributed by atoms with Gasteiger partial charge in [-0.3, -0.25) is 4.79 Å². The van der Waals surface area contributed by atoms with Crippen molar-refractivity contribution in [2.45, 2.75) is 6.92 Å². The number of nitrogens with zero attached hydrogens (tertiary/aromatic N) is 1. The molecule has 1 aromatic heterocycles. The largest absolute Gasteiger partial charge is 1.00 e. The van der Waals surface area contributed by atoms with E-state index in [2.05, 4.69) is 47.3 Å². The van der Waals surface area contributed by atoms with Crippen molar-refractivity contribution in [1.82, 2.24) is 0 Å². The second-order valence-corrected chi connectivity index (χ2v) is 6.60. The molecule has 134 valence electrons. The molecule has 1 aliphatic heterocycles. The molecule has 4 aromatic rings. The van der Waals surface area contributed by atoms with Gasteiger partial charge in [0.25, 0.3) is 0 Å². The molecular weight excluding hydrogens is 360 g/mol. The molecule has 5 rings (SSSR count). The van der Waals surface area contributed by atoms with Crippen molar-refractivity contribution in [1.29, 1.82) is 0 Å². The fourth-order valence-electron chi connectivity index (χ4n) is 3.83. The number of carbonyl (C=O) groups excluding carboxylic acids is 1. The standard InChI is InChI=1S/C22H16N2O2.ClH/c1-13(25)23-14-10-11-20-17(12-14)15-7-5-9-19-21(15)22(26-20)16-6-3-4-8-18(16)24(19)2;/h3-12H,1-2H3;1H. The number of anilines is 1. The Balaban J connectivity index is 0.00000180. The molecule has 0 saturated carbocycles. The molecule has 27 heavy (non-hydrogen) atoms. The van der Waals surface area contributed by atoms with E-state index in [9.17, 15) is 4.79 Å². The summed E-state index contributed by atoms with van der Waals surface area (Å²) in [6.07, 6.45) is 0. The lowest BCUT2D eigenvalue weighted by Crippen LogP contribution is -3.00. The zero-order valence-electron chi connectivity index (χ0n) is 14.9. The van der Waals surface area contributed by atoms with Crippen molar-refractivity contribution in [3.63, 3.8) is 0 Å². The van der Waals surface area contributed by atoms with E-state index >= 15 is 0 Å². The van der Waals surface area contributed by atoms with Crippen LogP contribution in [0.4, 0.5) is 5.69 Å². The third-order valence-electron chi connectivity index (χ3n) is 4.94. The van der Waals surface area contributed by atoms with Gasteiger partial charge in [0.05, 0.1) is 10.8 Å². The highest BCUT2D eigenvalue weighted by Gasteiger charge is 2.27. The molecule has 4 nitrogen and oxygen atoms in total. The van der Waals surface area contributed by atoms with Crippen LogP contribution in [0.2, 0.25) is 0 Å². The summed E-state index contributed by atoms with van der Waals surface area (Å²) >= 11 is 0. The predicted molar refractivity (Wildman–Crippen MR) is 102 cm³/mol. The van der Waals surface area contributed by atoms with Gasteiger partial charge in [-0.2, -0.15) is 4.57 Å². The number of aromatic nitrogens is 1. The first-order valence-corrected chi connectivity index (χ1v) is 8.57. The van der Waals surface area contributed by atoms with Gasteiger partial charge in [0.15, 0.2) is 5.75 Å². The highest BCUT2D eigenvalue weighted by molar-refractivity contribution is 6.08. The molecule has 0 atom stereocenters. The van der Waals surface area contributed by atoms with Crippen LogP contribution in [0.25, 0.3) is 32.9 Å². The maximum atomic E-state index is 11.4. The van der Waals surface area contributed by atoms with Crippen molar-refractivity contribution in [2.75, 3.05) is 5.32 Å². The first kappa shape index (κ1) is 17.3. The Hall–Kier alpha value is -3.11. The number of fused-ring (bicyclic) bond motifs is 4. The minimum atomic E-state index is -0.0855. The molecule has 0 aliphatic carbocycles. The first-order chi connectivity index (χ1) is 12.6. The van der Waals surface area contributed by atoms with Crippen LogP contribution in [0.3, 0.4) is 0 Å². The van der Waals surface area contributed by atoms with E-state index in [1.165, 1.54) is 6.92 Å². The van der Waals surface area contributed by atoms with Crippen LogP contribution in [0.5, 0.6) is 11.5 Å². The maximum Gasteiger partial charge on any atom is 0.221 e. The van der Waals surface area contributed by atoms with Gasteiger partial charge in [0.2, 0.25) is 16.9 Å². The molecule has 3 aromatic carbocycles. The van der Waals surface area contributed by atoms with E-state index in [0.29, 0.717) is 0 Å². The lowest BCUT2D eigenvalue weighted by molar-refractivity contribution is -0.617. The molecule has 1 amide bonds. The average Bonchev–Trinajstić information content (AvgIpc) is 2.65. The predicted octanol–water partition coefficient (Wildman–Crippen LogP) is 1.55. The van der Waals surface area contributed by atoms with Crippen LogP contribution in [0, 0.1) is 0 Å². The Kier molecular flexibility index (Phi) is 4.01. The summed E-state index contributed by atoms with van der Waals surface area (Å²) in [5.74, 6) is 1.61. The lowest BCUT2D eigenvalue weighted by atomic mass is 9.94. The van der Waals surface area contributed by atoms with E-state index in [4.69, 9.17) is 4.74 Å². The summed E-state index contributed by atoms with van der Waals surface area (Å²) in [6.45, 7) is 1.51. The molecule has 5 heteroatoms. The van der Waals surface area contributed by atoms with E-state index < -0.39 is 0 Å². The smallest absolute Gasteiger partial charge is 0.221 e. The van der Waals surface area contributed by atoms with E-state index in [1.807, 2.05) is 30.3 Å². The molecule has 0 bridgehead atoms. The Labute approximate surface area is 162 Å². The SMILES string of the molecule is CC(=O)Nc1ccc2c(c1)-c1cccc3c1c(c1ccccc1[n+]3C)O2.[Cl-]. The van der Waals surface area contributed by atoms with Crippen molar-refractivity contribution >= 4 is 33.4 Å². The number of aryl methyl sites for hydroxylation is 1. The van der Waals surface area contributed by atoms with Gasteiger partial charge in [-0.25, -0.2) is 0 Å². The van der Waals surface area contributed by atoms with E-state index in [0.717, 1.165) is 50.1 Å². The topological polar surface area (TPSA) is 42.2 Å². The monoisotopic (exact) mass is 376 g/mol. The summed E-state index contributed by atoms with van der Waals surface area (Å²) < 4.78 is 8.55. The van der Waals surface area contributed by atoms with Crippen LogP contribution < -0.4 is 27.0 Å². The molecule has 0 spiro atoms. The Morgan fingerprint density at radius 2 is 1.74 bits per heavy atom. The molecule has 0 unspecified atom stereocenters. The zero-order chi connectivity index (χ0) is 17.8. The van der Waals surface area contributed by atoms with Crippen molar-refractivity contribution in [2.24, 2.45) is 7.05 Å². The average molecular weight is 377 g/mol. The van der Waals surface area contributed by atoms with Crippen LogP contribution in [0.1, 0.15) is 6.92 Å². The number of carbonyl (C=O) groups is 1. The van der Waals surface area contributed by atoms with Crippen molar-refractivity contribution in [3.8, 4) is 22.6 Å². The van der Waals surface area contributed by atoms with Gasteiger partial charge in [0, 0.05) is 35.9 Å². The van der Waals surface area contributed by atoms with Gasteiger partial charge in [-0.05, 0) is 24.3 Å². The summed E-state index contributed by atoms with van der Waals surface area (Å²) in [5.41, 5.74) is 5.12. The number of hydrogen-bond donors (Lipinski definition) is 1. The highest BCUT2D eigenvalue weighted by Crippen LogP contribution is 2.48. The third-order valence-corrected chi connectivity index (χ3v) is 4.94. The minimum absolute atomic E-state index is 0. The first-order valence-electron chi connectivity index (χ1n) is 8.57. The number of para-hydroxylation sites is 1.